The summed E-state index contributed by atoms with van der Waals surface area (Å²) in [5, 5.41) is 2.38. The normalized spacial score (nSPS) is 21.0. The van der Waals surface area contributed by atoms with Crippen molar-refractivity contribution in [3.8, 4) is 5.75 Å². The second kappa shape index (κ2) is 4.82. The number of ketones is 1. The molecule has 2 aliphatic rings. The molecule has 0 bridgehead atoms. The molecule has 0 radical (unpaired) electrons. The van der Waals surface area contributed by atoms with Crippen LogP contribution in [0.1, 0.15) is 29.2 Å². The smallest absolute Gasteiger partial charge is 0.207 e. The highest BCUT2D eigenvalue weighted by Crippen LogP contribution is 2.50. The van der Waals surface area contributed by atoms with Gasteiger partial charge in [0.25, 0.3) is 0 Å². The number of benzene rings is 3. The standard InChI is InChI=1S/C23H18O2/c1-14-11-16-7-3-5-9-18(16)19-13-23(25-21(14)19)20-10-6-4-8-17(20)12-15(2)22(23)24/h3-12H,13H2,1-2H3/t23-/m1/s1. The lowest BCUT2D eigenvalue weighted by Gasteiger charge is -2.32. The van der Waals surface area contributed by atoms with E-state index in [0.717, 1.165) is 33.6 Å². The molecule has 0 fully saturated rings. The SMILES string of the molecule is CC1=Cc2ccccc2[C@]2(Cc3c(c(C)cc4ccccc34)O2)C1=O. The molecule has 3 aromatic rings. The summed E-state index contributed by atoms with van der Waals surface area (Å²) in [6.45, 7) is 3.95. The van der Waals surface area contributed by atoms with E-state index in [9.17, 15) is 4.79 Å². The van der Waals surface area contributed by atoms with Crippen LogP contribution in [0, 0.1) is 6.92 Å². The largest absolute Gasteiger partial charge is 0.473 e. The van der Waals surface area contributed by atoms with E-state index < -0.39 is 5.60 Å². The number of carbonyl (C=O) groups is 1. The zero-order chi connectivity index (χ0) is 17.2. The number of fused-ring (bicyclic) bond motifs is 5. The molecular formula is C23H18O2. The molecule has 0 saturated heterocycles. The van der Waals surface area contributed by atoms with Crippen LogP contribution >= 0.6 is 0 Å². The molecular weight excluding hydrogens is 308 g/mol. The Morgan fingerprint density at radius 2 is 1.76 bits per heavy atom. The maximum absolute atomic E-state index is 13.2. The molecule has 1 heterocycles. The predicted octanol–water partition coefficient (Wildman–Crippen LogP) is 4.96. The first-order valence-electron chi connectivity index (χ1n) is 8.63. The Balaban J connectivity index is 1.80. The third-order valence-corrected chi connectivity index (χ3v) is 5.48. The first-order valence-corrected chi connectivity index (χ1v) is 8.63. The first-order chi connectivity index (χ1) is 12.1. The summed E-state index contributed by atoms with van der Waals surface area (Å²) < 4.78 is 6.49. The van der Waals surface area contributed by atoms with Crippen molar-refractivity contribution >= 4 is 22.6 Å². The monoisotopic (exact) mass is 326 g/mol. The third-order valence-electron chi connectivity index (χ3n) is 5.48. The third kappa shape index (κ3) is 1.82. The average Bonchev–Trinajstić information content (AvgIpc) is 3.03. The zero-order valence-electron chi connectivity index (χ0n) is 14.3. The van der Waals surface area contributed by atoms with Crippen LogP contribution in [-0.2, 0) is 16.8 Å². The van der Waals surface area contributed by atoms with Crippen molar-refractivity contribution in [2.45, 2.75) is 25.9 Å². The number of Topliss-reactive ketones (excluding diaryl/α,β-unsaturated/α-hetero) is 1. The summed E-state index contributed by atoms with van der Waals surface area (Å²) in [5.41, 5.74) is 4.12. The van der Waals surface area contributed by atoms with Gasteiger partial charge in [0.15, 0.2) is 0 Å². The van der Waals surface area contributed by atoms with E-state index in [1.54, 1.807) is 0 Å². The van der Waals surface area contributed by atoms with Crippen LogP contribution in [0.15, 0.2) is 60.2 Å². The van der Waals surface area contributed by atoms with Gasteiger partial charge in [-0.05, 0) is 53.5 Å². The van der Waals surface area contributed by atoms with Gasteiger partial charge in [0.05, 0.1) is 0 Å². The summed E-state index contributed by atoms with van der Waals surface area (Å²) in [7, 11) is 0. The molecule has 3 aromatic carbocycles. The summed E-state index contributed by atoms with van der Waals surface area (Å²) in [4.78, 5) is 13.2. The molecule has 0 saturated carbocycles. The Morgan fingerprint density at radius 3 is 2.64 bits per heavy atom. The van der Waals surface area contributed by atoms with Crippen LogP contribution < -0.4 is 4.74 Å². The lowest BCUT2D eigenvalue weighted by Crippen LogP contribution is -2.43. The van der Waals surface area contributed by atoms with E-state index in [4.69, 9.17) is 4.74 Å². The molecule has 0 unspecified atom stereocenters. The van der Waals surface area contributed by atoms with E-state index in [2.05, 4.69) is 31.2 Å². The molecule has 122 valence electrons. The van der Waals surface area contributed by atoms with Gasteiger partial charge in [-0.1, -0.05) is 48.5 Å². The minimum atomic E-state index is -0.924. The van der Waals surface area contributed by atoms with Crippen LogP contribution in [0.25, 0.3) is 16.8 Å². The predicted molar refractivity (Wildman–Crippen MR) is 99.8 cm³/mol. The molecule has 5 rings (SSSR count). The fourth-order valence-electron chi connectivity index (χ4n) is 4.34. The van der Waals surface area contributed by atoms with Gasteiger partial charge < -0.3 is 4.74 Å². The number of aryl methyl sites for hydroxylation is 1. The van der Waals surface area contributed by atoms with E-state index in [1.807, 2.05) is 43.3 Å². The molecule has 1 aliphatic heterocycles. The second-order valence-corrected chi connectivity index (χ2v) is 7.07. The number of rotatable bonds is 0. The van der Waals surface area contributed by atoms with Gasteiger partial charge in [0, 0.05) is 17.5 Å². The van der Waals surface area contributed by atoms with Crippen LogP contribution in [0.2, 0.25) is 0 Å². The second-order valence-electron chi connectivity index (χ2n) is 7.07. The highest BCUT2D eigenvalue weighted by molar-refractivity contribution is 6.09. The lowest BCUT2D eigenvalue weighted by atomic mass is 9.76. The van der Waals surface area contributed by atoms with Crippen LogP contribution in [0.5, 0.6) is 5.75 Å². The fraction of sp³-hybridized carbons (Fsp3) is 0.174. The van der Waals surface area contributed by atoms with Gasteiger partial charge in [-0.25, -0.2) is 0 Å². The molecule has 25 heavy (non-hydrogen) atoms. The average molecular weight is 326 g/mol. The molecule has 2 heteroatoms. The number of ether oxygens (including phenoxy) is 1. The molecule has 1 atom stereocenters. The molecule has 0 N–H and O–H groups in total. The Hall–Kier alpha value is -2.87. The lowest BCUT2D eigenvalue weighted by molar-refractivity contribution is -0.130. The van der Waals surface area contributed by atoms with Crippen molar-refractivity contribution in [2.24, 2.45) is 0 Å². The van der Waals surface area contributed by atoms with Gasteiger partial charge in [-0.15, -0.1) is 0 Å². The van der Waals surface area contributed by atoms with Crippen molar-refractivity contribution < 1.29 is 9.53 Å². The van der Waals surface area contributed by atoms with Crippen molar-refractivity contribution in [3.63, 3.8) is 0 Å². The summed E-state index contributed by atoms with van der Waals surface area (Å²) >= 11 is 0. The van der Waals surface area contributed by atoms with Gasteiger partial charge in [0.2, 0.25) is 11.4 Å². The van der Waals surface area contributed by atoms with E-state index in [-0.39, 0.29) is 5.78 Å². The van der Waals surface area contributed by atoms with Crippen molar-refractivity contribution in [2.75, 3.05) is 0 Å². The van der Waals surface area contributed by atoms with Crippen LogP contribution in [0.3, 0.4) is 0 Å². The van der Waals surface area contributed by atoms with Crippen molar-refractivity contribution in [1.82, 2.24) is 0 Å². The van der Waals surface area contributed by atoms with Gasteiger partial charge >= 0.3 is 0 Å². The highest BCUT2D eigenvalue weighted by Gasteiger charge is 2.51. The Morgan fingerprint density at radius 1 is 1.00 bits per heavy atom. The summed E-state index contributed by atoms with van der Waals surface area (Å²) in [5.74, 6) is 0.947. The van der Waals surface area contributed by atoms with Crippen molar-refractivity contribution in [1.29, 1.82) is 0 Å². The van der Waals surface area contributed by atoms with E-state index in [0.29, 0.717) is 6.42 Å². The maximum atomic E-state index is 13.2. The molecule has 1 spiro atoms. The van der Waals surface area contributed by atoms with Gasteiger partial charge in [-0.3, -0.25) is 4.79 Å². The summed E-state index contributed by atoms with van der Waals surface area (Å²) in [6.07, 6.45) is 2.56. The van der Waals surface area contributed by atoms with Gasteiger partial charge in [0.1, 0.15) is 5.75 Å². The van der Waals surface area contributed by atoms with Gasteiger partial charge in [-0.2, -0.15) is 0 Å². The first kappa shape index (κ1) is 14.5. The Kier molecular flexibility index (Phi) is 2.79. The number of hydrogen-bond acceptors (Lipinski definition) is 2. The highest BCUT2D eigenvalue weighted by atomic mass is 16.5. The van der Waals surface area contributed by atoms with Crippen molar-refractivity contribution in [3.05, 3.63) is 82.4 Å². The Bertz CT molecular complexity index is 1090. The minimum Gasteiger partial charge on any atom is -0.473 e. The quantitative estimate of drug-likeness (QED) is 0.583. The zero-order valence-corrected chi connectivity index (χ0v) is 14.3. The fourth-order valence-corrected chi connectivity index (χ4v) is 4.34. The van der Waals surface area contributed by atoms with Crippen LogP contribution in [-0.4, -0.2) is 5.78 Å². The maximum Gasteiger partial charge on any atom is 0.207 e. The molecule has 0 aromatic heterocycles. The van der Waals surface area contributed by atoms with E-state index in [1.165, 1.54) is 10.8 Å². The Labute approximate surface area is 146 Å². The topological polar surface area (TPSA) is 26.3 Å². The van der Waals surface area contributed by atoms with Crippen LogP contribution in [0.4, 0.5) is 0 Å². The molecule has 0 amide bonds. The summed E-state index contributed by atoms with van der Waals surface area (Å²) in [6, 6.07) is 18.6. The number of hydrogen-bond donors (Lipinski definition) is 0. The molecule has 1 aliphatic carbocycles. The van der Waals surface area contributed by atoms with E-state index >= 15 is 0 Å². The minimum absolute atomic E-state index is 0.0749. The number of carbonyl (C=O) groups excluding carboxylic acids is 1. The molecule has 2 nitrogen and oxygen atoms in total.